The molecule has 2 N–H and O–H groups in total. The van der Waals surface area contributed by atoms with E-state index >= 15 is 0 Å². The van der Waals surface area contributed by atoms with Crippen LogP contribution in [0.5, 0.6) is 0 Å². The molecule has 1 aliphatic heterocycles. The van der Waals surface area contributed by atoms with E-state index in [1.807, 2.05) is 32.0 Å². The van der Waals surface area contributed by atoms with Crippen LogP contribution in [0.2, 0.25) is 0 Å². The Kier molecular flexibility index (Phi) is 7.73. The molecule has 23 heavy (non-hydrogen) atoms. The molecule has 1 aliphatic rings. The van der Waals surface area contributed by atoms with Gasteiger partial charge in [-0.3, -0.25) is 9.59 Å². The smallest absolute Gasteiger partial charge is 0.220 e. The normalized spacial score (nSPS) is 20.5. The van der Waals surface area contributed by atoms with Gasteiger partial charge < -0.3 is 10.6 Å². The number of rotatable bonds is 5. The van der Waals surface area contributed by atoms with Crippen LogP contribution in [-0.2, 0) is 4.79 Å². The number of Topliss-reactive ketones (excluding diaryl/α,β-unsaturated/α-hetero) is 1. The molecule has 0 saturated carbocycles. The minimum Gasteiger partial charge on any atom is -0.353 e. The van der Waals surface area contributed by atoms with Gasteiger partial charge in [0.1, 0.15) is 0 Å². The fourth-order valence-electron chi connectivity index (χ4n) is 2.96. The molecule has 4 nitrogen and oxygen atoms in total. The monoisotopic (exact) mass is 338 g/mol. The van der Waals surface area contributed by atoms with Gasteiger partial charge in [-0.1, -0.05) is 17.7 Å². The van der Waals surface area contributed by atoms with Gasteiger partial charge in [0.15, 0.2) is 5.78 Å². The van der Waals surface area contributed by atoms with E-state index in [2.05, 4.69) is 17.6 Å². The first-order valence-electron chi connectivity index (χ1n) is 8.09. The highest BCUT2D eigenvalue weighted by molar-refractivity contribution is 5.99. The van der Waals surface area contributed by atoms with Crippen molar-refractivity contribution in [3.63, 3.8) is 0 Å². The molecule has 1 amide bonds. The molecule has 2 rings (SSSR count). The van der Waals surface area contributed by atoms with Crippen LogP contribution >= 0.6 is 12.4 Å². The van der Waals surface area contributed by atoms with Gasteiger partial charge in [0.2, 0.25) is 5.91 Å². The number of nitrogens with one attached hydrogen (secondary N) is 2. The van der Waals surface area contributed by atoms with Crippen LogP contribution in [0.15, 0.2) is 18.2 Å². The van der Waals surface area contributed by atoms with E-state index in [4.69, 9.17) is 0 Å². The third-order valence-corrected chi connectivity index (χ3v) is 4.26. The third-order valence-electron chi connectivity index (χ3n) is 4.26. The average Bonchev–Trinajstić information content (AvgIpc) is 2.47. The zero-order valence-electron chi connectivity index (χ0n) is 14.1. The van der Waals surface area contributed by atoms with Crippen LogP contribution in [0.4, 0.5) is 0 Å². The maximum absolute atomic E-state index is 12.3. The largest absolute Gasteiger partial charge is 0.353 e. The van der Waals surface area contributed by atoms with Crippen molar-refractivity contribution in [3.8, 4) is 0 Å². The van der Waals surface area contributed by atoms with Crippen molar-refractivity contribution in [1.29, 1.82) is 0 Å². The molecule has 5 heteroatoms. The highest BCUT2D eigenvalue weighted by atomic mass is 35.5. The molecule has 1 saturated heterocycles. The van der Waals surface area contributed by atoms with E-state index in [0.29, 0.717) is 6.04 Å². The second-order valence-corrected chi connectivity index (χ2v) is 6.39. The number of hydrogen-bond acceptors (Lipinski definition) is 3. The van der Waals surface area contributed by atoms with Crippen molar-refractivity contribution in [1.82, 2.24) is 10.6 Å². The summed E-state index contributed by atoms with van der Waals surface area (Å²) < 4.78 is 0. The lowest BCUT2D eigenvalue weighted by molar-refractivity contribution is -0.122. The Hall–Kier alpha value is -1.39. The quantitative estimate of drug-likeness (QED) is 0.811. The van der Waals surface area contributed by atoms with Crippen LogP contribution in [0, 0.1) is 13.8 Å². The van der Waals surface area contributed by atoms with Gasteiger partial charge >= 0.3 is 0 Å². The molecule has 1 aromatic carbocycles. The third kappa shape index (κ3) is 5.96. The molecule has 1 fully saturated rings. The van der Waals surface area contributed by atoms with Crippen molar-refractivity contribution < 1.29 is 9.59 Å². The van der Waals surface area contributed by atoms with Crippen LogP contribution in [0.3, 0.4) is 0 Å². The van der Waals surface area contributed by atoms with Crippen LogP contribution < -0.4 is 10.6 Å². The molecule has 0 bridgehead atoms. The molecule has 0 spiro atoms. The van der Waals surface area contributed by atoms with E-state index < -0.39 is 0 Å². The lowest BCUT2D eigenvalue weighted by atomic mass is 9.98. The summed E-state index contributed by atoms with van der Waals surface area (Å²) in [5.41, 5.74) is 2.79. The molecule has 128 valence electrons. The van der Waals surface area contributed by atoms with E-state index in [1.54, 1.807) is 0 Å². The molecule has 2 atom stereocenters. The zero-order valence-corrected chi connectivity index (χ0v) is 15.0. The van der Waals surface area contributed by atoms with Crippen molar-refractivity contribution in [2.45, 2.75) is 58.5 Å². The van der Waals surface area contributed by atoms with Gasteiger partial charge in [0.05, 0.1) is 0 Å². The summed E-state index contributed by atoms with van der Waals surface area (Å²) in [4.78, 5) is 24.3. The first-order chi connectivity index (χ1) is 10.5. The SMILES string of the molecule is Cc1ccc(C)c(C(=O)CCC(=O)NC2CCNC(C)C2)c1.Cl. The van der Waals surface area contributed by atoms with E-state index in [1.165, 1.54) is 0 Å². The number of amides is 1. The Balaban J connectivity index is 0.00000264. The highest BCUT2D eigenvalue weighted by Gasteiger charge is 2.20. The summed E-state index contributed by atoms with van der Waals surface area (Å²) in [5, 5.41) is 6.41. The van der Waals surface area contributed by atoms with Gasteiger partial charge in [0.25, 0.3) is 0 Å². The number of ketones is 1. The molecular weight excluding hydrogens is 312 g/mol. The minimum atomic E-state index is -0.0160. The summed E-state index contributed by atoms with van der Waals surface area (Å²) in [6.07, 6.45) is 2.46. The summed E-state index contributed by atoms with van der Waals surface area (Å²) >= 11 is 0. The topological polar surface area (TPSA) is 58.2 Å². The van der Waals surface area contributed by atoms with Crippen molar-refractivity contribution in [3.05, 3.63) is 34.9 Å². The minimum absolute atomic E-state index is 0. The van der Waals surface area contributed by atoms with Gasteiger partial charge in [-0.25, -0.2) is 0 Å². The van der Waals surface area contributed by atoms with E-state index in [0.717, 1.165) is 36.1 Å². The Bertz CT molecular complexity index is 560. The van der Waals surface area contributed by atoms with Gasteiger partial charge in [-0.15, -0.1) is 12.4 Å². The average molecular weight is 339 g/mol. The fraction of sp³-hybridized carbons (Fsp3) is 0.556. The standard InChI is InChI=1S/C18H26N2O2.ClH/c1-12-4-5-13(2)16(10-12)17(21)6-7-18(22)20-15-8-9-19-14(3)11-15;/h4-5,10,14-15,19H,6-9,11H2,1-3H3,(H,20,22);1H. The molecule has 0 aliphatic carbocycles. The summed E-state index contributed by atoms with van der Waals surface area (Å²) in [5.74, 6) is 0.0350. The molecule has 1 aromatic rings. The molecule has 1 heterocycles. The molecule has 0 radical (unpaired) electrons. The van der Waals surface area contributed by atoms with E-state index in [9.17, 15) is 9.59 Å². The lowest BCUT2D eigenvalue weighted by Gasteiger charge is -2.28. The Morgan fingerprint density at radius 2 is 2.00 bits per heavy atom. The predicted octanol–water partition coefficient (Wildman–Crippen LogP) is 2.94. The molecule has 2 unspecified atom stereocenters. The number of hydrogen-bond donors (Lipinski definition) is 2. The second-order valence-electron chi connectivity index (χ2n) is 6.39. The highest BCUT2D eigenvalue weighted by Crippen LogP contribution is 2.14. The lowest BCUT2D eigenvalue weighted by Crippen LogP contribution is -2.46. The van der Waals surface area contributed by atoms with Crippen molar-refractivity contribution >= 4 is 24.1 Å². The number of halogens is 1. The Labute approximate surface area is 144 Å². The van der Waals surface area contributed by atoms with Crippen LogP contribution in [0.1, 0.15) is 54.1 Å². The maximum Gasteiger partial charge on any atom is 0.220 e. The number of benzene rings is 1. The van der Waals surface area contributed by atoms with Crippen molar-refractivity contribution in [2.75, 3.05) is 6.54 Å². The number of carbonyl (C=O) groups is 2. The van der Waals surface area contributed by atoms with Crippen molar-refractivity contribution in [2.24, 2.45) is 0 Å². The Morgan fingerprint density at radius 1 is 1.26 bits per heavy atom. The summed E-state index contributed by atoms with van der Waals surface area (Å²) in [6, 6.07) is 6.54. The fourth-order valence-corrected chi connectivity index (χ4v) is 2.96. The zero-order chi connectivity index (χ0) is 16.1. The summed E-state index contributed by atoms with van der Waals surface area (Å²) in [6.45, 7) is 6.97. The summed E-state index contributed by atoms with van der Waals surface area (Å²) in [7, 11) is 0. The molecular formula is C18H27ClN2O2. The maximum atomic E-state index is 12.3. The van der Waals surface area contributed by atoms with Gasteiger partial charge in [0, 0.05) is 30.5 Å². The van der Waals surface area contributed by atoms with Gasteiger partial charge in [-0.2, -0.15) is 0 Å². The number of piperidine rings is 1. The number of aryl methyl sites for hydroxylation is 2. The first-order valence-corrected chi connectivity index (χ1v) is 8.09. The predicted molar refractivity (Wildman–Crippen MR) is 95.4 cm³/mol. The number of carbonyl (C=O) groups excluding carboxylic acids is 2. The second kappa shape index (κ2) is 9.04. The molecule has 0 aromatic heterocycles. The first kappa shape index (κ1) is 19.7. The van der Waals surface area contributed by atoms with Crippen LogP contribution in [0.25, 0.3) is 0 Å². The van der Waals surface area contributed by atoms with E-state index in [-0.39, 0.29) is 43.0 Å². The van der Waals surface area contributed by atoms with Crippen LogP contribution in [-0.4, -0.2) is 30.3 Å². The Morgan fingerprint density at radius 3 is 2.70 bits per heavy atom. The van der Waals surface area contributed by atoms with Gasteiger partial charge in [-0.05, 0) is 51.8 Å².